The van der Waals surface area contributed by atoms with Crippen molar-refractivity contribution >= 4 is 0 Å². The van der Waals surface area contributed by atoms with Crippen LogP contribution < -0.4 is 5.73 Å². The Balaban J connectivity index is 2.09. The van der Waals surface area contributed by atoms with Gasteiger partial charge in [0.2, 0.25) is 0 Å². The maximum atomic E-state index is 5.96. The zero-order chi connectivity index (χ0) is 10.8. The average Bonchev–Trinajstić information content (AvgIpc) is 2.86. The van der Waals surface area contributed by atoms with Crippen LogP contribution in [0.3, 0.4) is 0 Å². The van der Waals surface area contributed by atoms with Gasteiger partial charge in [-0.2, -0.15) is 5.10 Å². The van der Waals surface area contributed by atoms with E-state index >= 15 is 0 Å². The first kappa shape index (κ1) is 10.6. The summed E-state index contributed by atoms with van der Waals surface area (Å²) < 4.78 is 5.52. The molecule has 2 rings (SSSR count). The van der Waals surface area contributed by atoms with Gasteiger partial charge in [-0.05, 0) is 18.8 Å². The van der Waals surface area contributed by atoms with Crippen molar-refractivity contribution in [2.24, 2.45) is 11.7 Å². The Morgan fingerprint density at radius 2 is 2.33 bits per heavy atom. The molecule has 2 unspecified atom stereocenters. The van der Waals surface area contributed by atoms with Crippen molar-refractivity contribution in [2.75, 3.05) is 6.61 Å². The van der Waals surface area contributed by atoms with E-state index in [2.05, 4.69) is 29.0 Å². The molecule has 2 heterocycles. The third kappa shape index (κ3) is 2.18. The first-order chi connectivity index (χ1) is 7.18. The van der Waals surface area contributed by atoms with E-state index in [1.54, 1.807) is 0 Å². The zero-order valence-corrected chi connectivity index (χ0v) is 9.23. The number of nitrogens with one attached hydrogen (secondary N) is 1. The molecule has 1 saturated heterocycles. The van der Waals surface area contributed by atoms with E-state index in [-0.39, 0.29) is 12.1 Å². The Hall–Kier alpha value is -0.940. The number of aromatic nitrogens is 3. The van der Waals surface area contributed by atoms with Gasteiger partial charge in [-0.25, -0.2) is 4.98 Å². The lowest BCUT2D eigenvalue weighted by Gasteiger charge is -2.10. The van der Waals surface area contributed by atoms with E-state index in [9.17, 15) is 0 Å². The minimum absolute atomic E-state index is 0.0885. The second kappa shape index (κ2) is 4.28. The van der Waals surface area contributed by atoms with E-state index in [1.807, 2.05) is 0 Å². The Bertz CT molecular complexity index is 300. The number of hydrogen-bond acceptors (Lipinski definition) is 4. The summed E-state index contributed by atoms with van der Waals surface area (Å²) in [7, 11) is 0. The van der Waals surface area contributed by atoms with Crippen LogP contribution in [0.2, 0.25) is 0 Å². The number of rotatable bonds is 3. The molecule has 1 aliphatic heterocycles. The lowest BCUT2D eigenvalue weighted by molar-refractivity contribution is 0.105. The van der Waals surface area contributed by atoms with E-state index in [0.717, 1.165) is 25.3 Å². The summed E-state index contributed by atoms with van der Waals surface area (Å²) in [5.74, 6) is 1.85. The summed E-state index contributed by atoms with van der Waals surface area (Å²) in [6, 6.07) is -0.101. The van der Waals surface area contributed by atoms with Crippen molar-refractivity contribution in [3.63, 3.8) is 0 Å². The van der Waals surface area contributed by atoms with Gasteiger partial charge in [-0.1, -0.05) is 13.8 Å². The lowest BCUT2D eigenvalue weighted by atomic mass is 10.1. The van der Waals surface area contributed by atoms with Gasteiger partial charge in [0.25, 0.3) is 0 Å². The number of hydrogen-bond donors (Lipinski definition) is 2. The van der Waals surface area contributed by atoms with Gasteiger partial charge in [0.15, 0.2) is 11.6 Å². The Kier molecular flexibility index (Phi) is 3.02. The number of nitrogens with zero attached hydrogens (tertiary/aromatic N) is 2. The smallest absolute Gasteiger partial charge is 0.167 e. The molecule has 1 aliphatic rings. The molecule has 0 radical (unpaired) electrons. The molecule has 0 saturated carbocycles. The van der Waals surface area contributed by atoms with Gasteiger partial charge in [0.05, 0.1) is 6.04 Å². The minimum atomic E-state index is -0.101. The summed E-state index contributed by atoms with van der Waals surface area (Å²) in [4.78, 5) is 4.40. The molecule has 15 heavy (non-hydrogen) atoms. The van der Waals surface area contributed by atoms with Crippen LogP contribution in [0.4, 0.5) is 0 Å². The highest BCUT2D eigenvalue weighted by Crippen LogP contribution is 2.26. The molecular formula is C10H18N4O. The van der Waals surface area contributed by atoms with Crippen molar-refractivity contribution in [1.82, 2.24) is 15.2 Å². The highest BCUT2D eigenvalue weighted by atomic mass is 16.5. The number of nitrogens with two attached hydrogens (primary N) is 1. The molecule has 0 amide bonds. The molecule has 5 heteroatoms. The van der Waals surface area contributed by atoms with Crippen LogP contribution >= 0.6 is 0 Å². The predicted molar refractivity (Wildman–Crippen MR) is 56.1 cm³/mol. The molecule has 3 N–H and O–H groups in total. The third-order valence-electron chi connectivity index (χ3n) is 2.77. The zero-order valence-electron chi connectivity index (χ0n) is 9.23. The molecule has 1 fully saturated rings. The summed E-state index contributed by atoms with van der Waals surface area (Å²) in [6.07, 6.45) is 2.20. The Morgan fingerprint density at radius 3 is 2.93 bits per heavy atom. The van der Waals surface area contributed by atoms with Crippen LogP contribution in [-0.2, 0) is 4.74 Å². The quantitative estimate of drug-likeness (QED) is 0.788. The molecular weight excluding hydrogens is 192 g/mol. The lowest BCUT2D eigenvalue weighted by Crippen LogP contribution is -2.18. The molecule has 2 atom stereocenters. The van der Waals surface area contributed by atoms with Crippen molar-refractivity contribution in [3.05, 3.63) is 11.6 Å². The van der Waals surface area contributed by atoms with Gasteiger partial charge in [-0.15, -0.1) is 0 Å². The molecule has 0 aromatic carbocycles. The van der Waals surface area contributed by atoms with Crippen molar-refractivity contribution in [3.8, 4) is 0 Å². The predicted octanol–water partition coefficient (Wildman–Crippen LogP) is 1.31. The van der Waals surface area contributed by atoms with E-state index in [1.165, 1.54) is 0 Å². The molecule has 0 aliphatic carbocycles. The fourth-order valence-corrected chi connectivity index (χ4v) is 1.67. The summed E-state index contributed by atoms with van der Waals surface area (Å²) in [5.41, 5.74) is 5.96. The minimum Gasteiger partial charge on any atom is -0.370 e. The van der Waals surface area contributed by atoms with Gasteiger partial charge in [-0.3, -0.25) is 5.10 Å². The van der Waals surface area contributed by atoms with Crippen molar-refractivity contribution in [1.29, 1.82) is 0 Å². The average molecular weight is 210 g/mol. The van der Waals surface area contributed by atoms with Crippen LogP contribution in [0.1, 0.15) is 50.5 Å². The van der Waals surface area contributed by atoms with E-state index in [0.29, 0.717) is 11.7 Å². The topological polar surface area (TPSA) is 76.8 Å². The molecule has 0 spiro atoms. The maximum Gasteiger partial charge on any atom is 0.167 e. The number of ether oxygens (including phenoxy) is 1. The van der Waals surface area contributed by atoms with Crippen LogP contribution in [0.25, 0.3) is 0 Å². The fourth-order valence-electron chi connectivity index (χ4n) is 1.67. The first-order valence-electron chi connectivity index (χ1n) is 5.48. The maximum absolute atomic E-state index is 5.96. The van der Waals surface area contributed by atoms with Crippen LogP contribution in [0.15, 0.2) is 0 Å². The number of H-pyrrole nitrogens is 1. The van der Waals surface area contributed by atoms with E-state index < -0.39 is 0 Å². The third-order valence-corrected chi connectivity index (χ3v) is 2.77. The normalized spacial score (nSPS) is 23.6. The summed E-state index contributed by atoms with van der Waals surface area (Å²) >= 11 is 0. The molecule has 5 nitrogen and oxygen atoms in total. The van der Waals surface area contributed by atoms with Crippen molar-refractivity contribution < 1.29 is 4.74 Å². The van der Waals surface area contributed by atoms with Crippen LogP contribution in [0.5, 0.6) is 0 Å². The number of aromatic amines is 1. The Labute approximate surface area is 89.4 Å². The summed E-state index contributed by atoms with van der Waals surface area (Å²) in [5, 5.41) is 7.06. The van der Waals surface area contributed by atoms with E-state index in [4.69, 9.17) is 10.5 Å². The van der Waals surface area contributed by atoms with Gasteiger partial charge >= 0.3 is 0 Å². The van der Waals surface area contributed by atoms with Gasteiger partial charge in [0.1, 0.15) is 6.10 Å². The van der Waals surface area contributed by atoms with Gasteiger partial charge < -0.3 is 10.5 Å². The molecule has 1 aromatic rings. The molecule has 84 valence electrons. The standard InChI is InChI=1S/C10H18N4O/c1-6(2)8(11)10-12-9(13-14-10)7-4-3-5-15-7/h6-8H,3-5,11H2,1-2H3,(H,12,13,14). The highest BCUT2D eigenvalue weighted by Gasteiger charge is 2.23. The molecule has 1 aromatic heterocycles. The van der Waals surface area contributed by atoms with Gasteiger partial charge in [0, 0.05) is 6.61 Å². The van der Waals surface area contributed by atoms with Crippen molar-refractivity contribution in [2.45, 2.75) is 38.8 Å². The Morgan fingerprint density at radius 1 is 1.53 bits per heavy atom. The SMILES string of the molecule is CC(C)C(N)c1n[nH]c(C2CCCO2)n1. The highest BCUT2D eigenvalue weighted by molar-refractivity contribution is 5.00. The second-order valence-corrected chi connectivity index (χ2v) is 4.35. The summed E-state index contributed by atoms with van der Waals surface area (Å²) in [6.45, 7) is 4.94. The fraction of sp³-hybridized carbons (Fsp3) is 0.800. The molecule has 0 bridgehead atoms. The second-order valence-electron chi connectivity index (χ2n) is 4.35. The largest absolute Gasteiger partial charge is 0.370 e. The first-order valence-corrected chi connectivity index (χ1v) is 5.48. The monoisotopic (exact) mass is 210 g/mol. The van der Waals surface area contributed by atoms with Crippen LogP contribution in [-0.4, -0.2) is 21.8 Å². The van der Waals surface area contributed by atoms with Crippen LogP contribution in [0, 0.1) is 5.92 Å².